The molecular formula is C15H15F2N5O2S. The van der Waals surface area contributed by atoms with Gasteiger partial charge in [0.05, 0.1) is 5.75 Å². The van der Waals surface area contributed by atoms with E-state index in [9.17, 15) is 17.2 Å². The van der Waals surface area contributed by atoms with Crippen molar-refractivity contribution in [2.45, 2.75) is 12.5 Å². The highest BCUT2D eigenvalue weighted by atomic mass is 32.2. The lowest BCUT2D eigenvalue weighted by Gasteiger charge is -2.34. The molecule has 10 heteroatoms. The Labute approximate surface area is 143 Å². The Balaban J connectivity index is 2.21. The van der Waals surface area contributed by atoms with Crippen molar-refractivity contribution in [3.63, 3.8) is 0 Å². The fraction of sp³-hybridized carbons (Fsp3) is 0.267. The van der Waals surface area contributed by atoms with Crippen molar-refractivity contribution < 1.29 is 17.2 Å². The van der Waals surface area contributed by atoms with E-state index >= 15 is 0 Å². The van der Waals surface area contributed by atoms with Crippen molar-refractivity contribution in [2.75, 3.05) is 12.8 Å². The second-order valence-corrected chi connectivity index (χ2v) is 7.91. The third-order valence-corrected chi connectivity index (χ3v) is 6.02. The molecule has 0 bridgehead atoms. The molecule has 0 radical (unpaired) electrons. The van der Waals surface area contributed by atoms with Crippen LogP contribution in [0.2, 0.25) is 0 Å². The fourth-order valence-corrected chi connectivity index (χ4v) is 4.16. The van der Waals surface area contributed by atoms with E-state index in [0.29, 0.717) is 11.6 Å². The van der Waals surface area contributed by atoms with Gasteiger partial charge in [0.1, 0.15) is 23.5 Å². The quantitative estimate of drug-likeness (QED) is 0.860. The molecule has 0 saturated carbocycles. The number of aliphatic imine (C=N–C) groups is 1. The molecule has 1 aliphatic heterocycles. The fourth-order valence-electron chi connectivity index (χ4n) is 2.71. The maximum atomic E-state index is 14.5. The summed E-state index contributed by atoms with van der Waals surface area (Å²) >= 11 is 0. The number of nitrogens with zero attached hydrogens (tertiary/aromatic N) is 4. The Morgan fingerprint density at radius 2 is 1.84 bits per heavy atom. The van der Waals surface area contributed by atoms with Gasteiger partial charge in [-0.3, -0.25) is 0 Å². The molecule has 2 heterocycles. The summed E-state index contributed by atoms with van der Waals surface area (Å²) in [7, 11) is -2.51. The van der Waals surface area contributed by atoms with Crippen molar-refractivity contribution in [3.05, 3.63) is 48.1 Å². The van der Waals surface area contributed by atoms with Crippen LogP contribution in [0, 0.1) is 11.6 Å². The van der Waals surface area contributed by atoms with Crippen LogP contribution in [0.4, 0.5) is 8.78 Å². The Kier molecular flexibility index (Phi) is 3.94. The first-order valence-electron chi connectivity index (χ1n) is 7.21. The highest BCUT2D eigenvalue weighted by Gasteiger charge is 2.42. The van der Waals surface area contributed by atoms with Gasteiger partial charge >= 0.3 is 0 Å². The molecule has 1 aliphatic rings. The summed E-state index contributed by atoms with van der Waals surface area (Å²) < 4.78 is 54.0. The van der Waals surface area contributed by atoms with Gasteiger partial charge in [0.2, 0.25) is 16.0 Å². The standard InChI is InChI=1S/C15H15F2N5O2S/c1-15(7-25(23,24)22(2)14(18)21-15)11-3-10(12(16)4-13(11)17)9-5-19-8-20-6-9/h3-6,8H,7H2,1-2H3,(H2,18,21)/t15-/m0/s1. The molecule has 0 amide bonds. The molecule has 0 fully saturated rings. The average Bonchev–Trinajstić information content (AvgIpc) is 2.53. The Hall–Kier alpha value is -2.62. The van der Waals surface area contributed by atoms with Gasteiger partial charge < -0.3 is 5.73 Å². The largest absolute Gasteiger partial charge is 0.369 e. The number of rotatable bonds is 2. The summed E-state index contributed by atoms with van der Waals surface area (Å²) in [4.78, 5) is 11.7. The smallest absolute Gasteiger partial charge is 0.239 e. The van der Waals surface area contributed by atoms with Crippen LogP contribution in [0.15, 0.2) is 35.8 Å². The van der Waals surface area contributed by atoms with E-state index in [1.165, 1.54) is 38.8 Å². The lowest BCUT2D eigenvalue weighted by atomic mass is 9.91. The zero-order valence-corrected chi connectivity index (χ0v) is 14.3. The molecule has 1 atom stereocenters. The third-order valence-electron chi connectivity index (χ3n) is 4.07. The molecule has 7 nitrogen and oxygen atoms in total. The van der Waals surface area contributed by atoms with Crippen LogP contribution in [0.25, 0.3) is 11.1 Å². The summed E-state index contributed by atoms with van der Waals surface area (Å²) in [5, 5.41) is 0. The minimum Gasteiger partial charge on any atom is -0.369 e. The number of nitrogens with two attached hydrogens (primary N) is 1. The monoisotopic (exact) mass is 367 g/mol. The summed E-state index contributed by atoms with van der Waals surface area (Å²) in [5.41, 5.74) is 4.49. The highest BCUT2D eigenvalue weighted by Crippen LogP contribution is 2.36. The molecule has 0 unspecified atom stereocenters. The van der Waals surface area contributed by atoms with Crippen molar-refractivity contribution >= 4 is 16.0 Å². The zero-order chi connectivity index (χ0) is 18.4. The van der Waals surface area contributed by atoms with Crippen LogP contribution in [-0.4, -0.2) is 41.5 Å². The van der Waals surface area contributed by atoms with Gasteiger partial charge in [0, 0.05) is 42.2 Å². The molecule has 1 aromatic heterocycles. The van der Waals surface area contributed by atoms with Crippen LogP contribution in [0.1, 0.15) is 12.5 Å². The van der Waals surface area contributed by atoms with E-state index in [-0.39, 0.29) is 17.1 Å². The number of aromatic nitrogens is 2. The SMILES string of the molecule is CN1C(N)=N[C@](C)(c2cc(-c3cncnc3)c(F)cc2F)CS1(=O)=O. The maximum absolute atomic E-state index is 14.5. The molecular weight excluding hydrogens is 352 g/mol. The Morgan fingerprint density at radius 3 is 2.44 bits per heavy atom. The first-order chi connectivity index (χ1) is 11.6. The molecule has 3 rings (SSSR count). The molecule has 1 aromatic carbocycles. The van der Waals surface area contributed by atoms with Crippen LogP contribution >= 0.6 is 0 Å². The van der Waals surface area contributed by atoms with E-state index < -0.39 is 32.9 Å². The van der Waals surface area contributed by atoms with Crippen LogP contribution < -0.4 is 5.73 Å². The van der Waals surface area contributed by atoms with Crippen molar-refractivity contribution in [1.29, 1.82) is 0 Å². The van der Waals surface area contributed by atoms with Gasteiger partial charge in [-0.25, -0.2) is 36.5 Å². The molecule has 132 valence electrons. The average molecular weight is 367 g/mol. The lowest BCUT2D eigenvalue weighted by Crippen LogP contribution is -2.50. The van der Waals surface area contributed by atoms with Crippen LogP contribution in [-0.2, 0) is 15.6 Å². The number of guanidine groups is 1. The summed E-state index contributed by atoms with van der Waals surface area (Å²) in [6.07, 6.45) is 4.03. The van der Waals surface area contributed by atoms with Crippen LogP contribution in [0.5, 0.6) is 0 Å². The van der Waals surface area contributed by atoms with Crippen molar-refractivity contribution in [2.24, 2.45) is 10.7 Å². The van der Waals surface area contributed by atoms with Crippen LogP contribution in [0.3, 0.4) is 0 Å². The normalized spacial score (nSPS) is 22.6. The predicted octanol–water partition coefficient (Wildman–Crippen LogP) is 1.23. The zero-order valence-electron chi connectivity index (χ0n) is 13.4. The van der Waals surface area contributed by atoms with Gasteiger partial charge in [-0.15, -0.1) is 0 Å². The predicted molar refractivity (Wildman–Crippen MR) is 87.9 cm³/mol. The summed E-state index contributed by atoms with van der Waals surface area (Å²) in [6, 6.07) is 1.92. The van der Waals surface area contributed by atoms with E-state index in [0.717, 1.165) is 4.31 Å². The molecule has 0 saturated heterocycles. The number of hydrogen-bond acceptors (Lipinski definition) is 6. The number of halogens is 2. The second kappa shape index (κ2) is 5.73. The number of sulfonamides is 1. The van der Waals surface area contributed by atoms with Crippen molar-refractivity contribution in [3.8, 4) is 11.1 Å². The maximum Gasteiger partial charge on any atom is 0.239 e. The van der Waals surface area contributed by atoms with Crippen molar-refractivity contribution in [1.82, 2.24) is 14.3 Å². The lowest BCUT2D eigenvalue weighted by molar-refractivity contribution is 0.455. The summed E-state index contributed by atoms with van der Waals surface area (Å²) in [6.45, 7) is 1.44. The number of hydrogen-bond donors (Lipinski definition) is 1. The van der Waals surface area contributed by atoms with E-state index in [1.54, 1.807) is 0 Å². The van der Waals surface area contributed by atoms with E-state index in [4.69, 9.17) is 5.73 Å². The van der Waals surface area contributed by atoms with Gasteiger partial charge in [-0.05, 0) is 13.0 Å². The molecule has 25 heavy (non-hydrogen) atoms. The van der Waals surface area contributed by atoms with Gasteiger partial charge in [0.15, 0.2) is 0 Å². The minimum atomic E-state index is -3.78. The van der Waals surface area contributed by atoms with Gasteiger partial charge in [-0.1, -0.05) is 0 Å². The Bertz CT molecular complexity index is 965. The Morgan fingerprint density at radius 1 is 1.20 bits per heavy atom. The third kappa shape index (κ3) is 2.93. The minimum absolute atomic E-state index is 0.0447. The van der Waals surface area contributed by atoms with E-state index in [2.05, 4.69) is 15.0 Å². The molecule has 2 aromatic rings. The van der Waals surface area contributed by atoms with Gasteiger partial charge in [-0.2, -0.15) is 0 Å². The molecule has 2 N–H and O–H groups in total. The van der Waals surface area contributed by atoms with E-state index in [1.807, 2.05) is 0 Å². The first-order valence-corrected chi connectivity index (χ1v) is 8.82. The summed E-state index contributed by atoms with van der Waals surface area (Å²) in [5.74, 6) is -2.48. The number of benzene rings is 1. The first kappa shape index (κ1) is 17.2. The highest BCUT2D eigenvalue weighted by molar-refractivity contribution is 7.89. The topological polar surface area (TPSA) is 102 Å². The molecule has 0 aliphatic carbocycles. The van der Waals surface area contributed by atoms with Gasteiger partial charge in [0.25, 0.3) is 0 Å². The molecule has 0 spiro atoms. The second-order valence-electron chi connectivity index (χ2n) is 5.91.